The predicted octanol–water partition coefficient (Wildman–Crippen LogP) is 0.597. The molecule has 2 amide bonds. The minimum absolute atomic E-state index is 0.225. The van der Waals surface area contributed by atoms with Gasteiger partial charge in [-0.05, 0) is 50.6 Å². The Balaban J connectivity index is 1.60. The molecule has 0 saturated carbocycles. The minimum Gasteiger partial charge on any atom is -0.371 e. The minimum atomic E-state index is -0.476. The molecule has 3 heterocycles. The Morgan fingerprint density at radius 2 is 2.00 bits per heavy atom. The number of benzene rings is 1. The monoisotopic (exact) mass is 342 g/mol. The van der Waals surface area contributed by atoms with E-state index < -0.39 is 6.04 Å². The van der Waals surface area contributed by atoms with Crippen LogP contribution in [0.5, 0.6) is 0 Å². The van der Waals surface area contributed by atoms with E-state index in [0.717, 1.165) is 42.7 Å². The van der Waals surface area contributed by atoms with E-state index in [2.05, 4.69) is 39.0 Å². The van der Waals surface area contributed by atoms with Gasteiger partial charge in [0.1, 0.15) is 11.6 Å². The number of piperidine rings is 2. The van der Waals surface area contributed by atoms with Crippen molar-refractivity contribution in [2.45, 2.75) is 37.8 Å². The number of hydrogen-bond donors (Lipinski definition) is 2. The third-order valence-corrected chi connectivity index (χ3v) is 5.22. The first-order chi connectivity index (χ1) is 12.1. The largest absolute Gasteiger partial charge is 0.371 e. The molecule has 4 rings (SSSR count). The Bertz CT molecular complexity index is 811. The van der Waals surface area contributed by atoms with Crippen LogP contribution < -0.4 is 15.5 Å². The van der Waals surface area contributed by atoms with Gasteiger partial charge in [-0.2, -0.15) is 0 Å². The van der Waals surface area contributed by atoms with Gasteiger partial charge < -0.3 is 10.2 Å². The van der Waals surface area contributed by atoms with Crippen molar-refractivity contribution in [3.8, 4) is 0 Å². The summed E-state index contributed by atoms with van der Waals surface area (Å²) in [4.78, 5) is 25.7. The summed E-state index contributed by atoms with van der Waals surface area (Å²) in [6.45, 7) is 2.09. The number of carbonyl (C=O) groups excluding carboxylic acids is 2. The van der Waals surface area contributed by atoms with E-state index in [1.165, 1.54) is 0 Å². The van der Waals surface area contributed by atoms with Gasteiger partial charge >= 0.3 is 0 Å². The van der Waals surface area contributed by atoms with Crippen LogP contribution in [0.2, 0.25) is 0 Å². The number of rotatable bonds is 3. The number of aromatic nitrogens is 3. The maximum Gasteiger partial charge on any atom is 0.251 e. The van der Waals surface area contributed by atoms with E-state index in [9.17, 15) is 9.59 Å². The number of nitrogens with zero attached hydrogens (tertiary/aromatic N) is 4. The molecule has 0 radical (unpaired) electrons. The molecule has 1 atom stereocenters. The Hall–Kier alpha value is -2.48. The molecule has 2 aromatic rings. The fourth-order valence-corrected chi connectivity index (χ4v) is 3.70. The first kappa shape index (κ1) is 16.0. The average Bonchev–Trinajstić information content (AvgIpc) is 3.05. The molecule has 2 N–H and O–H groups in total. The van der Waals surface area contributed by atoms with E-state index >= 15 is 0 Å². The van der Waals surface area contributed by atoms with E-state index in [0.29, 0.717) is 18.9 Å². The summed E-state index contributed by atoms with van der Waals surface area (Å²) in [7, 11) is 2.11. The number of imide groups is 1. The molecular weight excluding hydrogens is 320 g/mol. The van der Waals surface area contributed by atoms with Gasteiger partial charge in [-0.25, -0.2) is 4.68 Å². The third-order valence-electron chi connectivity index (χ3n) is 5.22. The van der Waals surface area contributed by atoms with Crippen molar-refractivity contribution in [1.82, 2.24) is 25.6 Å². The fraction of sp³-hybridized carbons (Fsp3) is 0.529. The summed E-state index contributed by atoms with van der Waals surface area (Å²) < 4.78 is 1.63. The van der Waals surface area contributed by atoms with Crippen molar-refractivity contribution in [3.05, 3.63) is 18.2 Å². The van der Waals surface area contributed by atoms with Crippen LogP contribution in [0.3, 0.4) is 0 Å². The van der Waals surface area contributed by atoms with Crippen molar-refractivity contribution in [2.24, 2.45) is 0 Å². The van der Waals surface area contributed by atoms with Crippen molar-refractivity contribution in [1.29, 1.82) is 0 Å². The second-order valence-corrected chi connectivity index (χ2v) is 6.77. The summed E-state index contributed by atoms with van der Waals surface area (Å²) in [6.07, 6.45) is 3.03. The molecule has 8 nitrogen and oxygen atoms in total. The smallest absolute Gasteiger partial charge is 0.251 e. The molecule has 25 heavy (non-hydrogen) atoms. The topological polar surface area (TPSA) is 92.2 Å². The third kappa shape index (κ3) is 2.97. The molecule has 132 valence electrons. The summed E-state index contributed by atoms with van der Waals surface area (Å²) in [5.74, 6) is -0.532. The number of anilines is 1. The van der Waals surface area contributed by atoms with Gasteiger partial charge in [0, 0.05) is 25.2 Å². The van der Waals surface area contributed by atoms with Gasteiger partial charge in [0.25, 0.3) is 5.91 Å². The van der Waals surface area contributed by atoms with Gasteiger partial charge in [-0.1, -0.05) is 5.21 Å². The van der Waals surface area contributed by atoms with Gasteiger partial charge in [-0.15, -0.1) is 5.10 Å². The van der Waals surface area contributed by atoms with Crippen LogP contribution in [-0.2, 0) is 9.59 Å². The van der Waals surface area contributed by atoms with Crippen LogP contribution in [0.1, 0.15) is 31.7 Å². The molecule has 0 aliphatic carbocycles. The zero-order valence-corrected chi connectivity index (χ0v) is 14.2. The van der Waals surface area contributed by atoms with Gasteiger partial charge in [0.05, 0.1) is 5.52 Å². The molecule has 2 saturated heterocycles. The van der Waals surface area contributed by atoms with Crippen molar-refractivity contribution >= 4 is 28.5 Å². The van der Waals surface area contributed by atoms with Crippen LogP contribution >= 0.6 is 0 Å². The summed E-state index contributed by atoms with van der Waals surface area (Å²) in [5, 5.41) is 14.2. The molecule has 1 aromatic heterocycles. The second kappa shape index (κ2) is 6.44. The van der Waals surface area contributed by atoms with E-state index in [1.807, 2.05) is 12.1 Å². The number of fused-ring (bicyclic) bond motifs is 1. The number of amides is 2. The molecule has 1 aromatic carbocycles. The van der Waals surface area contributed by atoms with Crippen LogP contribution in [0.15, 0.2) is 18.2 Å². The van der Waals surface area contributed by atoms with Crippen LogP contribution in [0, 0.1) is 0 Å². The Morgan fingerprint density at radius 1 is 1.20 bits per heavy atom. The Kier molecular flexibility index (Phi) is 4.12. The highest BCUT2D eigenvalue weighted by atomic mass is 16.2. The molecule has 0 bridgehead atoms. The SMILES string of the molecule is CN(c1ccc2c(c1)nnn2C1CCC(=O)NC1=O)C1CCNCC1. The van der Waals surface area contributed by atoms with E-state index in [4.69, 9.17) is 0 Å². The molecule has 2 fully saturated rings. The molecule has 2 aliphatic rings. The molecule has 2 aliphatic heterocycles. The number of nitrogens with one attached hydrogen (secondary N) is 2. The van der Waals surface area contributed by atoms with Crippen LogP contribution in [0.25, 0.3) is 11.0 Å². The number of carbonyl (C=O) groups is 2. The van der Waals surface area contributed by atoms with Crippen molar-refractivity contribution in [2.75, 3.05) is 25.0 Å². The van der Waals surface area contributed by atoms with Crippen LogP contribution in [-0.4, -0.2) is 53.0 Å². The lowest BCUT2D eigenvalue weighted by molar-refractivity contribution is -0.135. The highest BCUT2D eigenvalue weighted by Gasteiger charge is 2.30. The zero-order chi connectivity index (χ0) is 17.4. The Labute approximate surface area is 145 Å². The van der Waals surface area contributed by atoms with Gasteiger partial charge in [0.15, 0.2) is 0 Å². The lowest BCUT2D eigenvalue weighted by Crippen LogP contribution is -2.42. The molecule has 0 spiro atoms. The lowest BCUT2D eigenvalue weighted by Gasteiger charge is -2.33. The van der Waals surface area contributed by atoms with Crippen molar-refractivity contribution < 1.29 is 9.59 Å². The predicted molar refractivity (Wildman–Crippen MR) is 93.2 cm³/mol. The highest BCUT2D eigenvalue weighted by Crippen LogP contribution is 2.27. The quantitative estimate of drug-likeness (QED) is 0.794. The average molecular weight is 342 g/mol. The normalized spacial score (nSPS) is 22.2. The molecule has 1 unspecified atom stereocenters. The summed E-state index contributed by atoms with van der Waals surface area (Å²) in [6, 6.07) is 6.08. The zero-order valence-electron chi connectivity index (χ0n) is 14.2. The maximum absolute atomic E-state index is 12.1. The first-order valence-electron chi connectivity index (χ1n) is 8.75. The Morgan fingerprint density at radius 3 is 2.76 bits per heavy atom. The van der Waals surface area contributed by atoms with Crippen LogP contribution in [0.4, 0.5) is 5.69 Å². The lowest BCUT2D eigenvalue weighted by atomic mass is 10.0. The second-order valence-electron chi connectivity index (χ2n) is 6.77. The standard InChI is InChI=1S/C17H22N6O2/c1-22(11-6-8-18-9-7-11)12-2-3-14-13(10-12)20-21-23(14)15-4-5-16(24)19-17(15)25/h2-3,10-11,15,18H,4-9H2,1H3,(H,19,24,25). The maximum atomic E-state index is 12.1. The summed E-state index contributed by atoms with van der Waals surface area (Å²) in [5.41, 5.74) is 2.69. The fourth-order valence-electron chi connectivity index (χ4n) is 3.70. The van der Waals surface area contributed by atoms with Crippen molar-refractivity contribution in [3.63, 3.8) is 0 Å². The van der Waals surface area contributed by atoms with Gasteiger partial charge in [-0.3, -0.25) is 14.9 Å². The molecule has 8 heteroatoms. The highest BCUT2D eigenvalue weighted by molar-refractivity contribution is 6.00. The first-order valence-corrected chi connectivity index (χ1v) is 8.75. The summed E-state index contributed by atoms with van der Waals surface area (Å²) >= 11 is 0. The molecular formula is C17H22N6O2. The van der Waals surface area contributed by atoms with Gasteiger partial charge in [0.2, 0.25) is 5.91 Å². The number of hydrogen-bond acceptors (Lipinski definition) is 6. The van der Waals surface area contributed by atoms with E-state index in [-0.39, 0.29) is 11.8 Å². The van der Waals surface area contributed by atoms with E-state index in [1.54, 1.807) is 4.68 Å².